The third kappa shape index (κ3) is 5.08. The molecule has 7 nitrogen and oxygen atoms in total. The van der Waals surface area contributed by atoms with E-state index in [1.807, 2.05) is 58.0 Å². The van der Waals surface area contributed by atoms with Crippen LogP contribution >= 0.6 is 11.8 Å². The number of nitrogens with zero attached hydrogens (tertiary/aromatic N) is 3. The quantitative estimate of drug-likeness (QED) is 0.456. The third-order valence-corrected chi connectivity index (χ3v) is 5.44. The van der Waals surface area contributed by atoms with E-state index in [1.165, 1.54) is 22.0 Å². The van der Waals surface area contributed by atoms with Crippen LogP contribution in [0.5, 0.6) is 5.75 Å². The molecule has 2 aromatic carbocycles. The SMILES string of the molecule is Cc1ccc(OCc2nnc(SCC(=O)Nc3c(C)cccc3C)n2N)c(C)c1. The van der Waals surface area contributed by atoms with E-state index < -0.39 is 0 Å². The summed E-state index contributed by atoms with van der Waals surface area (Å²) < 4.78 is 7.17. The summed E-state index contributed by atoms with van der Waals surface area (Å²) in [5.74, 6) is 7.40. The van der Waals surface area contributed by atoms with Gasteiger partial charge in [0.25, 0.3) is 0 Å². The largest absolute Gasteiger partial charge is 0.485 e. The summed E-state index contributed by atoms with van der Waals surface area (Å²) in [5.41, 5.74) is 5.11. The van der Waals surface area contributed by atoms with Crippen LogP contribution in [0.4, 0.5) is 5.69 Å². The standard InChI is InChI=1S/C21H25N5O2S/c1-13-8-9-17(16(4)10-13)28-11-18-24-25-21(26(18)22)29-12-19(27)23-20-14(2)6-5-7-15(20)3/h5-10H,11-12,22H2,1-4H3,(H,23,27). The number of anilines is 1. The first-order valence-electron chi connectivity index (χ1n) is 9.23. The molecule has 1 amide bonds. The molecule has 0 aliphatic heterocycles. The van der Waals surface area contributed by atoms with E-state index in [1.54, 1.807) is 0 Å². The lowest BCUT2D eigenvalue weighted by molar-refractivity contribution is -0.113. The molecule has 0 bridgehead atoms. The number of benzene rings is 2. The van der Waals surface area contributed by atoms with Gasteiger partial charge in [0, 0.05) is 5.69 Å². The van der Waals surface area contributed by atoms with Crippen molar-refractivity contribution < 1.29 is 9.53 Å². The number of rotatable bonds is 7. The lowest BCUT2D eigenvalue weighted by Gasteiger charge is -2.11. The van der Waals surface area contributed by atoms with Gasteiger partial charge in [-0.25, -0.2) is 4.68 Å². The molecular formula is C21H25N5O2S. The zero-order chi connectivity index (χ0) is 21.0. The molecule has 0 saturated carbocycles. The van der Waals surface area contributed by atoms with Crippen LogP contribution in [0.25, 0.3) is 0 Å². The van der Waals surface area contributed by atoms with Gasteiger partial charge in [-0.1, -0.05) is 47.7 Å². The third-order valence-electron chi connectivity index (χ3n) is 4.50. The molecule has 1 aromatic heterocycles. The number of aromatic nitrogens is 3. The fraction of sp³-hybridized carbons (Fsp3) is 0.286. The van der Waals surface area contributed by atoms with E-state index >= 15 is 0 Å². The van der Waals surface area contributed by atoms with Gasteiger partial charge in [0.2, 0.25) is 11.1 Å². The fourth-order valence-corrected chi connectivity index (χ4v) is 3.60. The minimum atomic E-state index is -0.122. The van der Waals surface area contributed by atoms with Crippen LogP contribution < -0.4 is 15.9 Å². The highest BCUT2D eigenvalue weighted by Gasteiger charge is 2.14. The Labute approximate surface area is 174 Å². The fourth-order valence-electron chi connectivity index (χ4n) is 2.92. The maximum atomic E-state index is 12.3. The first kappa shape index (κ1) is 20.7. The van der Waals surface area contributed by atoms with Crippen molar-refractivity contribution in [2.75, 3.05) is 16.9 Å². The number of para-hydroxylation sites is 1. The molecule has 3 N–H and O–H groups in total. The van der Waals surface area contributed by atoms with Crippen molar-refractivity contribution in [2.45, 2.75) is 39.5 Å². The Kier molecular flexibility index (Phi) is 6.43. The van der Waals surface area contributed by atoms with Crippen molar-refractivity contribution in [1.29, 1.82) is 0 Å². The minimum Gasteiger partial charge on any atom is -0.485 e. The van der Waals surface area contributed by atoms with Crippen LogP contribution in [0.2, 0.25) is 0 Å². The van der Waals surface area contributed by atoms with Gasteiger partial charge in [-0.15, -0.1) is 10.2 Å². The number of nitrogens with two attached hydrogens (primary N) is 1. The van der Waals surface area contributed by atoms with Gasteiger partial charge < -0.3 is 15.9 Å². The van der Waals surface area contributed by atoms with Crippen LogP contribution in [0.15, 0.2) is 41.6 Å². The van der Waals surface area contributed by atoms with Crippen LogP contribution in [-0.2, 0) is 11.4 Å². The van der Waals surface area contributed by atoms with E-state index in [-0.39, 0.29) is 18.3 Å². The lowest BCUT2D eigenvalue weighted by Crippen LogP contribution is -2.18. The predicted octanol–water partition coefficient (Wildman–Crippen LogP) is 3.54. The molecular weight excluding hydrogens is 386 g/mol. The molecule has 0 saturated heterocycles. The van der Waals surface area contributed by atoms with Gasteiger partial charge in [-0.05, 0) is 50.5 Å². The van der Waals surface area contributed by atoms with E-state index in [9.17, 15) is 4.79 Å². The van der Waals surface area contributed by atoms with Crippen molar-refractivity contribution in [3.8, 4) is 5.75 Å². The number of thioether (sulfide) groups is 1. The summed E-state index contributed by atoms with van der Waals surface area (Å²) in [5, 5.41) is 11.6. The molecule has 0 radical (unpaired) electrons. The van der Waals surface area contributed by atoms with Crippen molar-refractivity contribution in [3.05, 3.63) is 64.5 Å². The molecule has 0 fully saturated rings. The van der Waals surface area contributed by atoms with E-state index in [0.29, 0.717) is 11.0 Å². The number of carbonyl (C=O) groups excluding carboxylic acids is 1. The smallest absolute Gasteiger partial charge is 0.234 e. The highest BCUT2D eigenvalue weighted by atomic mass is 32.2. The zero-order valence-electron chi connectivity index (χ0n) is 17.0. The molecule has 8 heteroatoms. The Morgan fingerprint density at radius 2 is 1.83 bits per heavy atom. The van der Waals surface area contributed by atoms with E-state index in [0.717, 1.165) is 28.1 Å². The summed E-state index contributed by atoms with van der Waals surface area (Å²) >= 11 is 1.23. The van der Waals surface area contributed by atoms with Crippen LogP contribution in [0.1, 0.15) is 28.1 Å². The van der Waals surface area contributed by atoms with Gasteiger partial charge in [0.15, 0.2) is 5.82 Å². The normalized spacial score (nSPS) is 10.8. The molecule has 3 rings (SSSR count). The summed E-state index contributed by atoms with van der Waals surface area (Å²) in [6.45, 7) is 8.16. The molecule has 29 heavy (non-hydrogen) atoms. The Hall–Kier alpha value is -3.00. The van der Waals surface area contributed by atoms with Crippen molar-refractivity contribution >= 4 is 23.4 Å². The Balaban J connectivity index is 1.57. The summed E-state index contributed by atoms with van der Waals surface area (Å²) in [4.78, 5) is 12.3. The first-order valence-corrected chi connectivity index (χ1v) is 10.2. The number of ether oxygens (including phenoxy) is 1. The van der Waals surface area contributed by atoms with Crippen molar-refractivity contribution in [3.63, 3.8) is 0 Å². The van der Waals surface area contributed by atoms with Gasteiger partial charge >= 0.3 is 0 Å². The van der Waals surface area contributed by atoms with E-state index in [4.69, 9.17) is 10.6 Å². The molecule has 0 unspecified atom stereocenters. The number of hydrogen-bond donors (Lipinski definition) is 2. The Morgan fingerprint density at radius 1 is 1.10 bits per heavy atom. The number of nitrogens with one attached hydrogen (secondary N) is 1. The van der Waals surface area contributed by atoms with Crippen LogP contribution in [0, 0.1) is 27.7 Å². The second-order valence-corrected chi connectivity index (χ2v) is 7.87. The minimum absolute atomic E-state index is 0.122. The second kappa shape index (κ2) is 9.00. The first-order chi connectivity index (χ1) is 13.8. The zero-order valence-corrected chi connectivity index (χ0v) is 17.8. The molecule has 0 spiro atoms. The van der Waals surface area contributed by atoms with Gasteiger partial charge in [-0.3, -0.25) is 4.79 Å². The summed E-state index contributed by atoms with van der Waals surface area (Å²) in [7, 11) is 0. The molecule has 3 aromatic rings. The molecule has 0 aliphatic carbocycles. The number of amides is 1. The summed E-state index contributed by atoms with van der Waals surface area (Å²) in [6, 6.07) is 11.9. The number of carbonyl (C=O) groups is 1. The van der Waals surface area contributed by atoms with Gasteiger partial charge in [0.05, 0.1) is 5.75 Å². The molecule has 1 heterocycles. The average molecular weight is 412 g/mol. The van der Waals surface area contributed by atoms with Gasteiger partial charge in [0.1, 0.15) is 12.4 Å². The number of nitrogen functional groups attached to an aromatic ring is 1. The van der Waals surface area contributed by atoms with Crippen LogP contribution in [-0.4, -0.2) is 26.5 Å². The van der Waals surface area contributed by atoms with Crippen LogP contribution in [0.3, 0.4) is 0 Å². The number of hydrogen-bond acceptors (Lipinski definition) is 6. The summed E-state index contributed by atoms with van der Waals surface area (Å²) in [6.07, 6.45) is 0. The highest BCUT2D eigenvalue weighted by Crippen LogP contribution is 2.22. The lowest BCUT2D eigenvalue weighted by atomic mass is 10.1. The maximum absolute atomic E-state index is 12.3. The maximum Gasteiger partial charge on any atom is 0.234 e. The average Bonchev–Trinajstić information content (AvgIpc) is 3.02. The monoisotopic (exact) mass is 411 g/mol. The second-order valence-electron chi connectivity index (χ2n) is 6.93. The predicted molar refractivity (Wildman–Crippen MR) is 116 cm³/mol. The Morgan fingerprint density at radius 3 is 2.52 bits per heavy atom. The Bertz CT molecular complexity index is 1010. The van der Waals surface area contributed by atoms with Crippen molar-refractivity contribution in [2.24, 2.45) is 0 Å². The highest BCUT2D eigenvalue weighted by molar-refractivity contribution is 7.99. The number of aryl methyl sites for hydroxylation is 4. The van der Waals surface area contributed by atoms with Gasteiger partial charge in [-0.2, -0.15) is 0 Å². The molecule has 152 valence electrons. The van der Waals surface area contributed by atoms with Crippen molar-refractivity contribution in [1.82, 2.24) is 14.9 Å². The van der Waals surface area contributed by atoms with E-state index in [2.05, 4.69) is 21.6 Å². The molecule has 0 atom stereocenters. The molecule has 0 aliphatic rings. The topological polar surface area (TPSA) is 95.1 Å².